The van der Waals surface area contributed by atoms with Gasteiger partial charge in [0, 0.05) is 26.2 Å². The second kappa shape index (κ2) is 5.31. The fourth-order valence-corrected chi connectivity index (χ4v) is 2.86. The van der Waals surface area contributed by atoms with E-state index >= 15 is 0 Å². The molecule has 1 aliphatic rings. The molecule has 1 aliphatic heterocycles. The molecule has 0 spiro atoms. The summed E-state index contributed by atoms with van der Waals surface area (Å²) in [4.78, 5) is 4.71. The molecule has 18 heavy (non-hydrogen) atoms. The Morgan fingerprint density at radius 3 is 2.22 bits per heavy atom. The number of rotatable bonds is 3. The molecule has 0 amide bonds. The van der Waals surface area contributed by atoms with Crippen LogP contribution in [0.2, 0.25) is 0 Å². The van der Waals surface area contributed by atoms with Crippen LogP contribution >= 0.6 is 0 Å². The summed E-state index contributed by atoms with van der Waals surface area (Å²) in [7, 11) is -1.61. The Labute approximate surface area is 106 Å². The zero-order valence-corrected chi connectivity index (χ0v) is 11.0. The zero-order chi connectivity index (χ0) is 13.2. The van der Waals surface area contributed by atoms with Gasteiger partial charge in [0.2, 0.25) is 0 Å². The van der Waals surface area contributed by atoms with Crippen molar-refractivity contribution >= 4 is 10.0 Å². The van der Waals surface area contributed by atoms with E-state index in [-0.39, 0.29) is 4.90 Å². The number of benzene rings is 1. The Morgan fingerprint density at radius 1 is 1.11 bits per heavy atom. The van der Waals surface area contributed by atoms with Crippen LogP contribution in [0.5, 0.6) is 0 Å². The molecule has 1 heterocycles. The summed E-state index contributed by atoms with van der Waals surface area (Å²) < 4.78 is 36.8. The monoisotopic (exact) mass is 273 g/mol. The number of likely N-dealkylation sites (N-methyl/N-ethyl adjacent to an activating group) is 1. The molecule has 0 aromatic heterocycles. The fourth-order valence-electron chi connectivity index (χ4n) is 1.73. The largest absolute Gasteiger partial charge is 0.304 e. The smallest absolute Gasteiger partial charge is 0.253 e. The van der Waals surface area contributed by atoms with Gasteiger partial charge < -0.3 is 4.90 Å². The summed E-state index contributed by atoms with van der Waals surface area (Å²) in [6, 6.07) is 4.79. The number of sulfonamides is 1. The Bertz CT molecular complexity index is 496. The number of hydrogen-bond donors (Lipinski definition) is 1. The minimum absolute atomic E-state index is 0.0721. The first kappa shape index (κ1) is 13.4. The summed E-state index contributed by atoms with van der Waals surface area (Å²) in [5, 5.41) is 1.67. The molecule has 0 radical (unpaired) electrons. The maximum Gasteiger partial charge on any atom is 0.253 e. The molecule has 5 nitrogen and oxygen atoms in total. The Hall–Kier alpha value is -1.02. The lowest BCUT2D eigenvalue weighted by molar-refractivity contribution is 0.135. The number of nitrogens with one attached hydrogen (secondary N) is 1. The number of nitrogens with zero attached hydrogens (tertiary/aromatic N) is 2. The van der Waals surface area contributed by atoms with Gasteiger partial charge in [0.25, 0.3) is 10.0 Å². The molecule has 1 N–H and O–H groups in total. The fraction of sp³-hybridized carbons (Fsp3) is 0.455. The number of hydrogen-bond acceptors (Lipinski definition) is 4. The molecule has 0 unspecified atom stereocenters. The van der Waals surface area contributed by atoms with Crippen molar-refractivity contribution in [3.8, 4) is 0 Å². The van der Waals surface area contributed by atoms with Gasteiger partial charge in [-0.2, -0.15) is 0 Å². The van der Waals surface area contributed by atoms with Crippen LogP contribution in [0.1, 0.15) is 0 Å². The van der Waals surface area contributed by atoms with E-state index in [2.05, 4.69) is 9.73 Å². The first-order valence-electron chi connectivity index (χ1n) is 5.69. The summed E-state index contributed by atoms with van der Waals surface area (Å²) in [6.07, 6.45) is 0. The van der Waals surface area contributed by atoms with Gasteiger partial charge in [-0.1, -0.05) is 0 Å². The second-order valence-electron chi connectivity index (χ2n) is 4.34. The maximum atomic E-state index is 12.7. The first-order valence-corrected chi connectivity index (χ1v) is 7.17. The highest BCUT2D eigenvalue weighted by atomic mass is 32.2. The van der Waals surface area contributed by atoms with E-state index in [9.17, 15) is 12.8 Å². The van der Waals surface area contributed by atoms with E-state index in [0.29, 0.717) is 13.1 Å². The van der Waals surface area contributed by atoms with E-state index < -0.39 is 15.8 Å². The molecule has 0 atom stereocenters. The Morgan fingerprint density at radius 2 is 1.67 bits per heavy atom. The van der Waals surface area contributed by atoms with Crippen LogP contribution in [-0.2, 0) is 10.0 Å². The van der Waals surface area contributed by atoms with Crippen molar-refractivity contribution in [2.24, 2.45) is 0 Å². The normalized spacial score (nSPS) is 19.0. The summed E-state index contributed by atoms with van der Waals surface area (Å²) in [6.45, 7) is 2.89. The SMILES string of the molecule is CN1CCN(NS(=O)(=O)c2ccc(F)cc2)CC1. The standard InChI is InChI=1S/C11H16FN3O2S/c1-14-6-8-15(9-7-14)13-18(16,17)11-4-2-10(12)3-5-11/h2-5,13H,6-9H2,1H3. The molecule has 1 saturated heterocycles. The predicted molar refractivity (Wildman–Crippen MR) is 65.8 cm³/mol. The van der Waals surface area contributed by atoms with Gasteiger partial charge in [-0.25, -0.2) is 17.8 Å². The third-order valence-corrected chi connectivity index (χ3v) is 4.27. The van der Waals surface area contributed by atoms with E-state index in [1.165, 1.54) is 12.1 Å². The summed E-state index contributed by atoms with van der Waals surface area (Å²) in [5.74, 6) is -0.450. The van der Waals surface area contributed by atoms with Gasteiger partial charge in [0.05, 0.1) is 4.90 Å². The number of piperazine rings is 1. The average molecular weight is 273 g/mol. The molecule has 0 aliphatic carbocycles. The second-order valence-corrected chi connectivity index (χ2v) is 6.00. The topological polar surface area (TPSA) is 52.6 Å². The summed E-state index contributed by atoms with van der Waals surface area (Å²) >= 11 is 0. The van der Waals surface area contributed by atoms with E-state index in [4.69, 9.17) is 0 Å². The lowest BCUT2D eigenvalue weighted by Crippen LogP contribution is -2.52. The third kappa shape index (κ3) is 3.26. The van der Waals surface area contributed by atoms with Crippen LogP contribution in [0, 0.1) is 5.82 Å². The van der Waals surface area contributed by atoms with Gasteiger partial charge in [-0.3, -0.25) is 0 Å². The highest BCUT2D eigenvalue weighted by Gasteiger charge is 2.21. The van der Waals surface area contributed by atoms with E-state index in [1.54, 1.807) is 5.01 Å². The van der Waals surface area contributed by atoms with Gasteiger partial charge in [-0.05, 0) is 31.3 Å². The van der Waals surface area contributed by atoms with Gasteiger partial charge in [0.15, 0.2) is 0 Å². The molecular formula is C11H16FN3O2S. The van der Waals surface area contributed by atoms with E-state index in [0.717, 1.165) is 25.2 Å². The molecule has 100 valence electrons. The van der Waals surface area contributed by atoms with Crippen LogP contribution in [0.3, 0.4) is 0 Å². The minimum atomic E-state index is -3.60. The van der Waals surface area contributed by atoms with E-state index in [1.807, 2.05) is 7.05 Å². The molecule has 1 aromatic carbocycles. The molecule has 2 rings (SSSR count). The molecule has 7 heteroatoms. The van der Waals surface area contributed by atoms with Crippen LogP contribution in [0.15, 0.2) is 29.2 Å². The van der Waals surface area contributed by atoms with Gasteiger partial charge in [-0.15, -0.1) is 4.83 Å². The number of halogens is 1. The van der Waals surface area contributed by atoms with Crippen LogP contribution in [-0.4, -0.2) is 51.6 Å². The highest BCUT2D eigenvalue weighted by Crippen LogP contribution is 2.10. The molecular weight excluding hydrogens is 257 g/mol. The van der Waals surface area contributed by atoms with Gasteiger partial charge >= 0.3 is 0 Å². The molecule has 1 aromatic rings. The highest BCUT2D eigenvalue weighted by molar-refractivity contribution is 7.89. The van der Waals surface area contributed by atoms with Gasteiger partial charge in [0.1, 0.15) is 5.82 Å². The van der Waals surface area contributed by atoms with Crippen molar-refractivity contribution < 1.29 is 12.8 Å². The van der Waals surface area contributed by atoms with Crippen molar-refractivity contribution in [1.29, 1.82) is 0 Å². The van der Waals surface area contributed by atoms with Crippen molar-refractivity contribution in [3.05, 3.63) is 30.1 Å². The quantitative estimate of drug-likeness (QED) is 0.859. The lowest BCUT2D eigenvalue weighted by atomic mass is 10.4. The van der Waals surface area contributed by atoms with Crippen LogP contribution < -0.4 is 4.83 Å². The first-order chi connectivity index (χ1) is 8.47. The molecule has 0 bridgehead atoms. The van der Waals surface area contributed by atoms with Crippen LogP contribution in [0.25, 0.3) is 0 Å². The Kier molecular flexibility index (Phi) is 3.96. The minimum Gasteiger partial charge on any atom is -0.304 e. The van der Waals surface area contributed by atoms with Crippen molar-refractivity contribution in [3.63, 3.8) is 0 Å². The molecule has 0 saturated carbocycles. The average Bonchev–Trinajstić information content (AvgIpc) is 2.32. The van der Waals surface area contributed by atoms with Crippen LogP contribution in [0.4, 0.5) is 4.39 Å². The van der Waals surface area contributed by atoms with Crippen molar-refractivity contribution in [2.45, 2.75) is 4.90 Å². The predicted octanol–water partition coefficient (Wildman–Crippen LogP) is 0.266. The summed E-state index contributed by atoms with van der Waals surface area (Å²) in [5.41, 5.74) is 0. The molecule has 1 fully saturated rings. The zero-order valence-electron chi connectivity index (χ0n) is 10.1. The lowest BCUT2D eigenvalue weighted by Gasteiger charge is -2.32. The van der Waals surface area contributed by atoms with Crippen molar-refractivity contribution in [2.75, 3.05) is 33.2 Å². The maximum absolute atomic E-state index is 12.7. The number of hydrazine groups is 1. The van der Waals surface area contributed by atoms with Crippen molar-refractivity contribution in [1.82, 2.24) is 14.7 Å². The third-order valence-electron chi connectivity index (χ3n) is 2.88. The Balaban J connectivity index is 2.05.